The maximum atomic E-state index is 12.7. The van der Waals surface area contributed by atoms with Crippen LogP contribution in [-0.2, 0) is 18.3 Å². The van der Waals surface area contributed by atoms with Crippen molar-refractivity contribution < 1.29 is 4.79 Å². The van der Waals surface area contributed by atoms with Crippen LogP contribution < -0.4 is 10.2 Å². The van der Waals surface area contributed by atoms with E-state index in [0.717, 1.165) is 30.2 Å². The van der Waals surface area contributed by atoms with E-state index in [4.69, 9.17) is 0 Å². The first-order chi connectivity index (χ1) is 11.0. The highest BCUT2D eigenvalue weighted by molar-refractivity contribution is 7.09. The molecule has 1 N–H and O–H groups in total. The van der Waals surface area contributed by atoms with Crippen molar-refractivity contribution in [3.8, 4) is 0 Å². The number of carbonyl (C=O) groups is 1. The molecule has 0 radical (unpaired) electrons. The summed E-state index contributed by atoms with van der Waals surface area (Å²) < 4.78 is 6.07. The number of hydrogen-bond acceptors (Lipinski definition) is 6. The predicted molar refractivity (Wildman–Crippen MR) is 90.7 cm³/mol. The molecule has 1 fully saturated rings. The molecule has 2 aromatic heterocycles. The fourth-order valence-corrected chi connectivity index (χ4v) is 3.34. The Bertz CT molecular complexity index is 679. The van der Waals surface area contributed by atoms with Gasteiger partial charge in [0, 0.05) is 43.8 Å². The fraction of sp³-hybridized carbons (Fsp3) is 0.600. The lowest BCUT2D eigenvalue weighted by atomic mass is 10.1. The molecule has 3 heterocycles. The molecule has 1 aliphatic rings. The number of rotatable bonds is 5. The average molecular weight is 334 g/mol. The summed E-state index contributed by atoms with van der Waals surface area (Å²) in [6.45, 7) is 5.00. The number of aryl methyl sites for hydroxylation is 1. The molecule has 0 spiro atoms. The number of piperidine rings is 1. The molecular formula is C15H22N6OS. The Morgan fingerprint density at radius 1 is 1.48 bits per heavy atom. The predicted octanol–water partition coefficient (Wildman–Crippen LogP) is 2.08. The summed E-state index contributed by atoms with van der Waals surface area (Å²) in [6.07, 6.45) is 4.46. The Hall–Kier alpha value is -1.96. The van der Waals surface area contributed by atoms with Gasteiger partial charge in [0.25, 0.3) is 5.91 Å². The monoisotopic (exact) mass is 334 g/mol. The van der Waals surface area contributed by atoms with Gasteiger partial charge in [0.1, 0.15) is 11.9 Å². The molecule has 7 nitrogen and oxygen atoms in total. The molecular weight excluding hydrogens is 312 g/mol. The lowest BCUT2D eigenvalue weighted by Crippen LogP contribution is -2.48. The summed E-state index contributed by atoms with van der Waals surface area (Å²) in [5, 5.41) is 8.31. The van der Waals surface area contributed by atoms with Gasteiger partial charge < -0.3 is 5.32 Å². The van der Waals surface area contributed by atoms with E-state index in [0.29, 0.717) is 18.3 Å². The van der Waals surface area contributed by atoms with E-state index in [-0.39, 0.29) is 11.9 Å². The fourth-order valence-electron chi connectivity index (χ4n) is 2.69. The van der Waals surface area contributed by atoms with Crippen molar-refractivity contribution >= 4 is 28.4 Å². The zero-order valence-electron chi connectivity index (χ0n) is 13.7. The van der Waals surface area contributed by atoms with Gasteiger partial charge in [-0.05, 0) is 18.8 Å². The van der Waals surface area contributed by atoms with Crippen LogP contribution in [0.15, 0.2) is 12.3 Å². The second-order valence-corrected chi connectivity index (χ2v) is 7.04. The quantitative estimate of drug-likeness (QED) is 0.906. The summed E-state index contributed by atoms with van der Waals surface area (Å²) in [4.78, 5) is 18.9. The smallest absolute Gasteiger partial charge is 0.250 e. The summed E-state index contributed by atoms with van der Waals surface area (Å²) in [5.41, 5.74) is 0. The van der Waals surface area contributed by atoms with Crippen molar-refractivity contribution in [3.63, 3.8) is 0 Å². The van der Waals surface area contributed by atoms with Gasteiger partial charge >= 0.3 is 0 Å². The molecule has 124 valence electrons. The zero-order chi connectivity index (χ0) is 16.4. The van der Waals surface area contributed by atoms with E-state index in [9.17, 15) is 4.79 Å². The Morgan fingerprint density at radius 3 is 3.00 bits per heavy atom. The largest absolute Gasteiger partial charge is 0.348 e. The average Bonchev–Trinajstić information content (AvgIpc) is 3.10. The Kier molecular flexibility index (Phi) is 4.61. The first-order valence-electron chi connectivity index (χ1n) is 7.93. The third kappa shape index (κ3) is 3.69. The first kappa shape index (κ1) is 15.9. The third-order valence-electron chi connectivity index (χ3n) is 3.77. The highest BCUT2D eigenvalue weighted by atomic mass is 32.1. The lowest BCUT2D eigenvalue weighted by molar-refractivity contribution is -0.120. The summed E-state index contributed by atoms with van der Waals surface area (Å²) >= 11 is 1.33. The molecule has 1 atom stereocenters. The van der Waals surface area contributed by atoms with Crippen molar-refractivity contribution in [1.82, 2.24) is 19.1 Å². The van der Waals surface area contributed by atoms with Crippen molar-refractivity contribution in [2.45, 2.75) is 39.2 Å². The van der Waals surface area contributed by atoms with Gasteiger partial charge in [-0.3, -0.25) is 14.4 Å². The Morgan fingerprint density at radius 2 is 2.30 bits per heavy atom. The van der Waals surface area contributed by atoms with Gasteiger partial charge in [-0.2, -0.15) is 9.47 Å². The third-order valence-corrected chi connectivity index (χ3v) is 4.46. The molecule has 23 heavy (non-hydrogen) atoms. The molecule has 2 aromatic rings. The molecule has 1 saturated heterocycles. The number of hydrogen-bond donors (Lipinski definition) is 1. The van der Waals surface area contributed by atoms with Gasteiger partial charge in [0.2, 0.25) is 5.13 Å². The van der Waals surface area contributed by atoms with Crippen LogP contribution in [0.3, 0.4) is 0 Å². The minimum Gasteiger partial charge on any atom is -0.348 e. The van der Waals surface area contributed by atoms with Crippen molar-refractivity contribution in [2.24, 2.45) is 13.0 Å². The number of anilines is 2. The summed E-state index contributed by atoms with van der Waals surface area (Å²) in [7, 11) is 1.85. The van der Waals surface area contributed by atoms with Crippen LogP contribution in [0.5, 0.6) is 0 Å². The molecule has 8 heteroatoms. The Labute approximate surface area is 139 Å². The van der Waals surface area contributed by atoms with Crippen LogP contribution in [-0.4, -0.2) is 37.6 Å². The zero-order valence-corrected chi connectivity index (χ0v) is 14.5. The van der Waals surface area contributed by atoms with E-state index in [1.807, 2.05) is 19.3 Å². The maximum absolute atomic E-state index is 12.7. The van der Waals surface area contributed by atoms with Crippen LogP contribution >= 0.6 is 11.5 Å². The number of aromatic nitrogens is 4. The molecule has 1 aliphatic heterocycles. The van der Waals surface area contributed by atoms with Crippen LogP contribution in [0.2, 0.25) is 0 Å². The minimum absolute atomic E-state index is 0.0514. The Balaban J connectivity index is 1.68. The molecule has 0 aromatic carbocycles. The standard InChI is InChI=1S/C15H22N6OS/c1-10(2)9-12-17-15(23-19-12)16-11-5-4-7-21(14(11)22)13-6-8-20(3)18-13/h6,8,10-11H,4-5,7,9H2,1-3H3,(H,16,17,19)/t11-/m1/s1. The molecule has 0 bridgehead atoms. The number of nitrogens with zero attached hydrogens (tertiary/aromatic N) is 5. The van der Waals surface area contributed by atoms with Crippen molar-refractivity contribution in [3.05, 3.63) is 18.1 Å². The van der Waals surface area contributed by atoms with Gasteiger partial charge in [-0.15, -0.1) is 0 Å². The normalized spacial score (nSPS) is 18.7. The number of carbonyl (C=O) groups excluding carboxylic acids is 1. The van der Waals surface area contributed by atoms with Crippen LogP contribution in [0.1, 0.15) is 32.5 Å². The van der Waals surface area contributed by atoms with E-state index in [1.54, 1.807) is 9.58 Å². The van der Waals surface area contributed by atoms with Crippen molar-refractivity contribution in [2.75, 3.05) is 16.8 Å². The van der Waals surface area contributed by atoms with E-state index >= 15 is 0 Å². The lowest BCUT2D eigenvalue weighted by Gasteiger charge is -2.30. The summed E-state index contributed by atoms with van der Waals surface area (Å²) in [6, 6.07) is 1.61. The van der Waals surface area contributed by atoms with E-state index in [2.05, 4.69) is 33.6 Å². The highest BCUT2D eigenvalue weighted by Gasteiger charge is 2.31. The van der Waals surface area contributed by atoms with E-state index < -0.39 is 0 Å². The number of nitrogens with one attached hydrogen (secondary N) is 1. The van der Waals surface area contributed by atoms with Gasteiger partial charge in [0.15, 0.2) is 5.82 Å². The van der Waals surface area contributed by atoms with Crippen LogP contribution in [0, 0.1) is 5.92 Å². The maximum Gasteiger partial charge on any atom is 0.250 e. The second-order valence-electron chi connectivity index (χ2n) is 6.29. The molecule has 0 saturated carbocycles. The topological polar surface area (TPSA) is 75.9 Å². The van der Waals surface area contributed by atoms with Gasteiger partial charge in [0.05, 0.1) is 0 Å². The highest BCUT2D eigenvalue weighted by Crippen LogP contribution is 2.23. The molecule has 3 rings (SSSR count). The van der Waals surface area contributed by atoms with E-state index in [1.165, 1.54) is 11.5 Å². The number of amides is 1. The van der Waals surface area contributed by atoms with Gasteiger partial charge in [-0.1, -0.05) is 13.8 Å². The molecule has 0 aliphatic carbocycles. The van der Waals surface area contributed by atoms with Crippen LogP contribution in [0.4, 0.5) is 10.9 Å². The second kappa shape index (κ2) is 6.66. The van der Waals surface area contributed by atoms with Crippen molar-refractivity contribution in [1.29, 1.82) is 0 Å². The SMILES string of the molecule is CC(C)Cc1nsc(N[C@@H]2CCCN(c3ccn(C)n3)C2=O)n1. The first-order valence-corrected chi connectivity index (χ1v) is 8.70. The molecule has 1 amide bonds. The van der Waals surface area contributed by atoms with Gasteiger partial charge in [-0.25, -0.2) is 4.98 Å². The summed E-state index contributed by atoms with van der Waals surface area (Å²) in [5.74, 6) is 2.13. The molecule has 0 unspecified atom stereocenters. The van der Waals surface area contributed by atoms with Crippen LogP contribution in [0.25, 0.3) is 0 Å². The minimum atomic E-state index is -0.259.